The fourth-order valence-corrected chi connectivity index (χ4v) is 5.81. The van der Waals surface area contributed by atoms with Crippen LogP contribution in [-0.4, -0.2) is 18.9 Å². The summed E-state index contributed by atoms with van der Waals surface area (Å²) in [7, 11) is 0. The van der Waals surface area contributed by atoms with Crippen LogP contribution in [0.2, 0.25) is 0 Å². The third kappa shape index (κ3) is 9.39. The van der Waals surface area contributed by atoms with Crippen LogP contribution in [0, 0.1) is 23.7 Å². The molecule has 3 fully saturated rings. The summed E-state index contributed by atoms with van der Waals surface area (Å²) in [4.78, 5) is 21.7. The number of carbonyl (C=O) groups excluding carboxylic acids is 1. The van der Waals surface area contributed by atoms with Crippen LogP contribution in [0.3, 0.4) is 0 Å². The molecule has 5 atom stereocenters. The van der Waals surface area contributed by atoms with Crippen LogP contribution in [0.25, 0.3) is 0 Å². The molecule has 32 heavy (non-hydrogen) atoms. The number of hydrogen-bond acceptors (Lipinski definition) is 4. The molecule has 1 saturated heterocycles. The maximum Gasteiger partial charge on any atom is 0.342 e. The average molecular weight is 447 g/mol. The van der Waals surface area contributed by atoms with E-state index in [4.69, 9.17) is 14.5 Å². The van der Waals surface area contributed by atoms with Gasteiger partial charge in [-0.15, -0.1) is 0 Å². The van der Waals surface area contributed by atoms with E-state index in [9.17, 15) is 4.79 Å². The number of rotatable bonds is 13. The van der Waals surface area contributed by atoms with Gasteiger partial charge in [-0.05, 0) is 87.9 Å². The normalized spacial score (nSPS) is 31.1. The molecule has 0 aromatic carbocycles. The first-order valence-corrected chi connectivity index (χ1v) is 13.5. The van der Waals surface area contributed by atoms with Gasteiger partial charge in [0, 0.05) is 19.4 Å². The predicted octanol–water partition coefficient (Wildman–Crippen LogP) is 7.68. The first-order chi connectivity index (χ1) is 15.7. The van der Waals surface area contributed by atoms with Gasteiger partial charge in [-0.1, -0.05) is 56.9 Å². The fraction of sp³-hybridized carbons (Fsp3) is 0.821. The van der Waals surface area contributed by atoms with Gasteiger partial charge in [0.1, 0.15) is 0 Å². The molecule has 3 aliphatic rings. The molecular weight excluding hydrogens is 400 g/mol. The largest absolute Gasteiger partial charge is 0.349 e. The Morgan fingerprint density at radius 2 is 1.88 bits per heavy atom. The van der Waals surface area contributed by atoms with Gasteiger partial charge < -0.3 is 4.74 Å². The zero-order valence-corrected chi connectivity index (χ0v) is 20.3. The zero-order valence-electron chi connectivity index (χ0n) is 20.3. The van der Waals surface area contributed by atoms with Gasteiger partial charge >= 0.3 is 5.97 Å². The molecule has 0 amide bonds. The van der Waals surface area contributed by atoms with Crippen LogP contribution in [0.15, 0.2) is 24.3 Å². The van der Waals surface area contributed by atoms with E-state index in [2.05, 4.69) is 31.2 Å². The lowest BCUT2D eigenvalue weighted by Crippen LogP contribution is -2.23. The van der Waals surface area contributed by atoms with Crippen molar-refractivity contribution in [3.8, 4) is 0 Å². The third-order valence-corrected chi connectivity index (χ3v) is 7.66. The van der Waals surface area contributed by atoms with Gasteiger partial charge in [0.2, 0.25) is 6.29 Å². The molecule has 3 rings (SSSR count). The summed E-state index contributed by atoms with van der Waals surface area (Å²) in [6.07, 6.45) is 28.0. The van der Waals surface area contributed by atoms with Crippen LogP contribution in [0.1, 0.15) is 110 Å². The second-order valence-electron chi connectivity index (χ2n) is 10.3. The second kappa shape index (κ2) is 14.9. The minimum atomic E-state index is -0.378. The van der Waals surface area contributed by atoms with E-state index in [0.717, 1.165) is 55.8 Å². The highest BCUT2D eigenvalue weighted by molar-refractivity contribution is 5.68. The SMILES string of the molecule is CCCC1CCC(C/C=C/[C@H]2CCC[C@@H]2C/C=C\CCCC(=O)OOC2CCCCO2)C1. The minimum Gasteiger partial charge on any atom is -0.349 e. The Bertz CT molecular complexity index is 578. The number of carbonyl (C=O) groups is 1. The van der Waals surface area contributed by atoms with Crippen molar-refractivity contribution in [1.29, 1.82) is 0 Å². The zero-order chi connectivity index (χ0) is 22.4. The topological polar surface area (TPSA) is 44.8 Å². The van der Waals surface area contributed by atoms with Gasteiger partial charge in [-0.25, -0.2) is 4.79 Å². The Balaban J connectivity index is 1.23. The molecule has 0 N–H and O–H groups in total. The van der Waals surface area contributed by atoms with E-state index in [0.29, 0.717) is 13.0 Å². The maximum absolute atomic E-state index is 11.8. The Labute approximate surface area is 196 Å². The van der Waals surface area contributed by atoms with Crippen LogP contribution in [0.4, 0.5) is 0 Å². The monoisotopic (exact) mass is 446 g/mol. The number of ether oxygens (including phenoxy) is 1. The highest BCUT2D eigenvalue weighted by Gasteiger charge is 2.25. The molecule has 0 aromatic rings. The molecule has 2 saturated carbocycles. The van der Waals surface area contributed by atoms with Crippen molar-refractivity contribution in [2.75, 3.05) is 6.61 Å². The quantitative estimate of drug-likeness (QED) is 0.126. The third-order valence-electron chi connectivity index (χ3n) is 7.66. The molecule has 4 nitrogen and oxygen atoms in total. The summed E-state index contributed by atoms with van der Waals surface area (Å²) in [5.41, 5.74) is 0. The van der Waals surface area contributed by atoms with Crippen LogP contribution >= 0.6 is 0 Å². The van der Waals surface area contributed by atoms with Crippen LogP contribution in [0.5, 0.6) is 0 Å². The number of allylic oxidation sites excluding steroid dienone is 4. The highest BCUT2D eigenvalue weighted by Crippen LogP contribution is 2.38. The summed E-state index contributed by atoms with van der Waals surface area (Å²) in [6, 6.07) is 0. The molecule has 1 heterocycles. The van der Waals surface area contributed by atoms with Gasteiger partial charge in [-0.2, -0.15) is 4.89 Å². The Morgan fingerprint density at radius 1 is 0.969 bits per heavy atom. The molecule has 3 unspecified atom stereocenters. The summed E-state index contributed by atoms with van der Waals surface area (Å²) in [6.45, 7) is 3.00. The van der Waals surface area contributed by atoms with Crippen molar-refractivity contribution in [3.63, 3.8) is 0 Å². The summed E-state index contributed by atoms with van der Waals surface area (Å²) >= 11 is 0. The van der Waals surface area contributed by atoms with Crippen molar-refractivity contribution in [1.82, 2.24) is 0 Å². The van der Waals surface area contributed by atoms with E-state index in [1.165, 1.54) is 64.2 Å². The second-order valence-corrected chi connectivity index (χ2v) is 10.3. The summed E-state index contributed by atoms with van der Waals surface area (Å²) in [5, 5.41) is 0. The van der Waals surface area contributed by atoms with Crippen molar-refractivity contribution in [2.45, 2.75) is 116 Å². The van der Waals surface area contributed by atoms with E-state index in [-0.39, 0.29) is 12.3 Å². The van der Waals surface area contributed by atoms with Crippen molar-refractivity contribution < 1.29 is 19.3 Å². The van der Waals surface area contributed by atoms with Crippen LogP contribution < -0.4 is 0 Å². The molecule has 1 aliphatic heterocycles. The lowest BCUT2D eigenvalue weighted by Gasteiger charge is -2.20. The molecule has 4 heteroatoms. The summed E-state index contributed by atoms with van der Waals surface area (Å²) < 4.78 is 5.39. The predicted molar refractivity (Wildman–Crippen MR) is 129 cm³/mol. The molecule has 0 radical (unpaired) electrons. The number of unbranched alkanes of at least 4 members (excludes halogenated alkanes) is 1. The maximum atomic E-state index is 11.8. The molecule has 0 spiro atoms. The Kier molecular flexibility index (Phi) is 11.9. The molecule has 182 valence electrons. The first kappa shape index (κ1) is 25.5. The number of hydrogen-bond donors (Lipinski definition) is 0. The van der Waals surface area contributed by atoms with Crippen LogP contribution in [-0.2, 0) is 19.3 Å². The van der Waals surface area contributed by atoms with Gasteiger partial charge in [0.15, 0.2) is 0 Å². The van der Waals surface area contributed by atoms with Gasteiger partial charge in [0.25, 0.3) is 0 Å². The van der Waals surface area contributed by atoms with Crippen molar-refractivity contribution in [2.24, 2.45) is 23.7 Å². The smallest absolute Gasteiger partial charge is 0.342 e. The van der Waals surface area contributed by atoms with Gasteiger partial charge in [0.05, 0.1) is 0 Å². The average Bonchev–Trinajstić information content (AvgIpc) is 3.45. The van der Waals surface area contributed by atoms with Crippen molar-refractivity contribution in [3.05, 3.63) is 24.3 Å². The van der Waals surface area contributed by atoms with E-state index in [1.807, 2.05) is 0 Å². The Hall–Kier alpha value is -1.13. The van der Waals surface area contributed by atoms with E-state index >= 15 is 0 Å². The summed E-state index contributed by atoms with van der Waals surface area (Å²) in [5.74, 6) is 3.21. The molecular formula is C28H46O4. The van der Waals surface area contributed by atoms with E-state index in [1.54, 1.807) is 0 Å². The molecule has 0 bridgehead atoms. The molecule has 2 aliphatic carbocycles. The first-order valence-electron chi connectivity index (χ1n) is 13.5. The van der Waals surface area contributed by atoms with Gasteiger partial charge in [-0.3, -0.25) is 4.89 Å². The lowest BCUT2D eigenvalue weighted by atomic mass is 9.91. The minimum absolute atomic E-state index is 0.295. The van der Waals surface area contributed by atoms with E-state index < -0.39 is 0 Å². The van der Waals surface area contributed by atoms with Crippen molar-refractivity contribution >= 4 is 5.97 Å². The fourth-order valence-electron chi connectivity index (χ4n) is 5.81. The molecule has 0 aromatic heterocycles. The Morgan fingerprint density at radius 3 is 2.72 bits per heavy atom. The lowest BCUT2D eigenvalue weighted by molar-refractivity contribution is -0.358. The standard InChI is InChI=1S/C28H46O4/c1-2-11-23-19-20-24(22-23)12-9-14-26-16-10-15-25(26)13-5-3-4-6-17-27(29)31-32-28-18-7-8-21-30-28/h3,5,9,14,23-26,28H,2,4,6-8,10-13,15-22H2,1H3/b5-3-,14-9+/t23?,24?,25-,26-,28?/m0/s1. The highest BCUT2D eigenvalue weighted by atomic mass is 17.2.